The number of imide groups is 2. The Labute approximate surface area is 320 Å². The van der Waals surface area contributed by atoms with Crippen LogP contribution in [-0.4, -0.2) is 75.5 Å². The standard InChI is InChI=1S/C37H31Cl2F3N4O9/c1-54-19-12-25(47)29(26(13-19)55-2)30-20-7-8-21-28(34(52)45(32(21)50)10-9-27(48)49)22(20)14-23-33(51)46(35(53)36(23,30)16-3-5-18(38)6-4-16)44-31-24(39)11-17(15-43-31)37(40,41)42/h3-7,11-13,15,21-23,28,30,47H,8-10,14H2,1-2H3,(H,43,44)(H,48,49)/t21-,22+,23-,28-,30+,36+/m0/s1. The van der Waals surface area contributed by atoms with Crippen LogP contribution in [0.4, 0.5) is 19.0 Å². The molecule has 4 aliphatic rings. The molecule has 3 N–H and O–H groups in total. The van der Waals surface area contributed by atoms with Gasteiger partial charge in [0.2, 0.25) is 11.8 Å². The van der Waals surface area contributed by atoms with E-state index in [9.17, 15) is 42.6 Å². The Bertz CT molecular complexity index is 2180. The van der Waals surface area contributed by atoms with E-state index in [1.165, 1.54) is 50.6 Å². The van der Waals surface area contributed by atoms with Gasteiger partial charge in [-0.15, -0.1) is 0 Å². The highest BCUT2D eigenvalue weighted by molar-refractivity contribution is 6.33. The van der Waals surface area contributed by atoms with Crippen molar-refractivity contribution in [3.8, 4) is 17.2 Å². The summed E-state index contributed by atoms with van der Waals surface area (Å²) in [6.07, 6.45) is -3.26. The van der Waals surface area contributed by atoms with Crippen LogP contribution in [0.15, 0.2) is 60.3 Å². The lowest BCUT2D eigenvalue weighted by molar-refractivity contribution is -0.143. The summed E-state index contributed by atoms with van der Waals surface area (Å²) in [5, 5.41) is 21.5. The number of allylic oxidation sites excluding steroid dienone is 2. The minimum Gasteiger partial charge on any atom is -0.507 e. The number of ether oxygens (including phenoxy) is 2. The van der Waals surface area contributed by atoms with Gasteiger partial charge in [-0.2, -0.15) is 18.2 Å². The monoisotopic (exact) mass is 802 g/mol. The smallest absolute Gasteiger partial charge is 0.417 e. The molecule has 2 aliphatic heterocycles. The number of carboxylic acids is 1. The van der Waals surface area contributed by atoms with E-state index in [2.05, 4.69) is 10.4 Å². The van der Waals surface area contributed by atoms with Crippen LogP contribution in [0.2, 0.25) is 10.0 Å². The molecule has 55 heavy (non-hydrogen) atoms. The Morgan fingerprint density at radius 1 is 1.02 bits per heavy atom. The molecule has 3 heterocycles. The third kappa shape index (κ3) is 5.93. The number of rotatable bonds is 9. The number of likely N-dealkylation sites (tertiary alicyclic amines) is 1. The Morgan fingerprint density at radius 3 is 2.35 bits per heavy atom. The second-order valence-corrected chi connectivity index (χ2v) is 14.5. The molecule has 3 fully saturated rings. The van der Waals surface area contributed by atoms with Crippen molar-refractivity contribution in [1.82, 2.24) is 14.9 Å². The summed E-state index contributed by atoms with van der Waals surface area (Å²) in [5.41, 5.74) is 0.160. The number of hydrazine groups is 1. The number of nitrogens with one attached hydrogen (secondary N) is 1. The molecule has 2 aliphatic carbocycles. The predicted molar refractivity (Wildman–Crippen MR) is 187 cm³/mol. The maximum atomic E-state index is 15.3. The average Bonchev–Trinajstić information content (AvgIpc) is 3.51. The van der Waals surface area contributed by atoms with Crippen LogP contribution in [0.25, 0.3) is 0 Å². The summed E-state index contributed by atoms with van der Waals surface area (Å²) in [5.74, 6) is -10.3. The number of fused-ring (bicyclic) bond motifs is 4. The van der Waals surface area contributed by atoms with Gasteiger partial charge in [0.15, 0.2) is 5.82 Å². The number of alkyl halides is 3. The number of aromatic hydroxyl groups is 1. The largest absolute Gasteiger partial charge is 0.507 e. The van der Waals surface area contributed by atoms with E-state index in [1.54, 1.807) is 6.08 Å². The Morgan fingerprint density at radius 2 is 1.73 bits per heavy atom. The van der Waals surface area contributed by atoms with Crippen molar-refractivity contribution in [2.24, 2.45) is 23.7 Å². The molecular weight excluding hydrogens is 772 g/mol. The van der Waals surface area contributed by atoms with Crippen molar-refractivity contribution in [2.45, 2.75) is 36.8 Å². The number of nitrogens with zero attached hydrogens (tertiary/aromatic N) is 3. The Kier molecular flexibility index (Phi) is 9.48. The second-order valence-electron chi connectivity index (χ2n) is 13.7. The highest BCUT2D eigenvalue weighted by Crippen LogP contribution is 2.66. The predicted octanol–water partition coefficient (Wildman–Crippen LogP) is 5.59. The lowest BCUT2D eigenvalue weighted by Gasteiger charge is -2.50. The number of pyridine rings is 1. The van der Waals surface area contributed by atoms with E-state index < -0.39 is 99.4 Å². The Balaban J connectivity index is 1.46. The summed E-state index contributed by atoms with van der Waals surface area (Å²) in [6.45, 7) is -0.368. The first-order valence-electron chi connectivity index (χ1n) is 16.9. The molecule has 1 aromatic heterocycles. The minimum atomic E-state index is -4.79. The molecule has 18 heteroatoms. The molecule has 0 bridgehead atoms. The van der Waals surface area contributed by atoms with Crippen molar-refractivity contribution >= 4 is 58.6 Å². The van der Waals surface area contributed by atoms with Gasteiger partial charge in [-0.25, -0.2) is 4.98 Å². The number of hydrogen-bond donors (Lipinski definition) is 3. The molecule has 288 valence electrons. The summed E-state index contributed by atoms with van der Waals surface area (Å²) in [6, 6.07) is 9.43. The van der Waals surface area contributed by atoms with Crippen LogP contribution in [0.1, 0.15) is 41.9 Å². The number of methoxy groups -OCH3 is 2. The molecule has 0 spiro atoms. The molecule has 2 saturated heterocycles. The average molecular weight is 804 g/mol. The lowest BCUT2D eigenvalue weighted by atomic mass is 9.49. The number of carbonyl (C=O) groups excluding carboxylic acids is 4. The fourth-order valence-corrected chi connectivity index (χ4v) is 9.09. The van der Waals surface area contributed by atoms with Crippen molar-refractivity contribution in [3.63, 3.8) is 0 Å². The van der Waals surface area contributed by atoms with Crippen LogP contribution in [-0.2, 0) is 35.6 Å². The molecule has 1 saturated carbocycles. The van der Waals surface area contributed by atoms with Crippen molar-refractivity contribution in [3.05, 3.63) is 87.0 Å². The van der Waals surface area contributed by atoms with Gasteiger partial charge in [0.05, 0.1) is 54.4 Å². The van der Waals surface area contributed by atoms with Crippen molar-refractivity contribution in [2.75, 3.05) is 26.2 Å². The summed E-state index contributed by atoms with van der Waals surface area (Å²) < 4.78 is 51.5. The van der Waals surface area contributed by atoms with Crippen molar-refractivity contribution in [1.29, 1.82) is 0 Å². The van der Waals surface area contributed by atoms with E-state index in [0.717, 1.165) is 4.90 Å². The molecule has 0 unspecified atom stereocenters. The van der Waals surface area contributed by atoms with E-state index in [4.69, 9.17) is 32.7 Å². The third-order valence-electron chi connectivity index (χ3n) is 11.0. The van der Waals surface area contributed by atoms with E-state index >= 15 is 4.79 Å². The van der Waals surface area contributed by atoms with Crippen LogP contribution >= 0.6 is 23.2 Å². The molecule has 13 nitrogen and oxygen atoms in total. The van der Waals surface area contributed by atoms with Gasteiger partial charge in [-0.1, -0.05) is 47.0 Å². The maximum Gasteiger partial charge on any atom is 0.417 e. The lowest BCUT2D eigenvalue weighted by Crippen LogP contribution is -2.53. The minimum absolute atomic E-state index is 0.0108. The van der Waals surface area contributed by atoms with Gasteiger partial charge >= 0.3 is 12.1 Å². The highest BCUT2D eigenvalue weighted by atomic mass is 35.5. The number of carbonyl (C=O) groups is 5. The molecule has 2 aromatic carbocycles. The fraction of sp³-hybridized carbons (Fsp3) is 0.351. The number of carboxylic acid groups (broad SMARTS) is 1. The zero-order valence-electron chi connectivity index (χ0n) is 28.9. The first-order chi connectivity index (χ1) is 26.0. The zero-order valence-corrected chi connectivity index (χ0v) is 30.4. The first kappa shape index (κ1) is 37.9. The molecule has 6 atom stereocenters. The molecular formula is C37H31Cl2F3N4O9. The maximum absolute atomic E-state index is 15.3. The summed E-state index contributed by atoms with van der Waals surface area (Å²) in [4.78, 5) is 74.0. The normalized spacial score (nSPS) is 26.0. The summed E-state index contributed by atoms with van der Waals surface area (Å²) in [7, 11) is 2.69. The highest BCUT2D eigenvalue weighted by Gasteiger charge is 2.71. The second kappa shape index (κ2) is 13.7. The third-order valence-corrected chi connectivity index (χ3v) is 11.6. The molecule has 3 aromatic rings. The van der Waals surface area contributed by atoms with Gasteiger partial charge in [-0.05, 0) is 42.5 Å². The van der Waals surface area contributed by atoms with Gasteiger partial charge in [0.25, 0.3) is 11.8 Å². The van der Waals surface area contributed by atoms with Crippen LogP contribution < -0.4 is 14.9 Å². The first-order valence-corrected chi connectivity index (χ1v) is 17.7. The SMILES string of the molecule is COc1cc(O)c([C@H]2C3=CC[C@@H]4C(=O)N(CCC(=O)O)C(=O)[C@@H]4[C@@H]3C[C@H]3C(=O)N(Nc4ncc(C(F)(F)F)cc4Cl)C(=O)[C@@]23c2ccc(Cl)cc2)c(OC)c1. The number of aliphatic carboxylic acids is 1. The fourth-order valence-electron chi connectivity index (χ4n) is 8.75. The van der Waals surface area contributed by atoms with Gasteiger partial charge < -0.3 is 19.7 Å². The number of amides is 4. The van der Waals surface area contributed by atoms with Gasteiger partial charge in [0, 0.05) is 41.4 Å². The van der Waals surface area contributed by atoms with Crippen molar-refractivity contribution < 1.29 is 56.8 Å². The van der Waals surface area contributed by atoms with Crippen LogP contribution in [0.5, 0.6) is 17.2 Å². The zero-order chi connectivity index (χ0) is 39.7. The number of halogens is 5. The van der Waals surface area contributed by atoms with E-state index in [-0.39, 0.29) is 47.0 Å². The van der Waals surface area contributed by atoms with E-state index in [1.807, 2.05) is 0 Å². The molecule has 4 amide bonds. The van der Waals surface area contributed by atoms with E-state index in [0.29, 0.717) is 22.8 Å². The summed E-state index contributed by atoms with van der Waals surface area (Å²) >= 11 is 12.5. The number of phenols is 1. The molecule has 7 rings (SSSR count). The van der Waals surface area contributed by atoms with Gasteiger partial charge in [-0.3, -0.25) is 34.3 Å². The number of aromatic nitrogens is 1. The quantitative estimate of drug-likeness (QED) is 0.182. The number of anilines is 1. The van der Waals surface area contributed by atoms with Crippen LogP contribution in [0, 0.1) is 23.7 Å². The number of phenolic OH excluding ortho intramolecular Hbond substituents is 1. The molecule has 0 radical (unpaired) electrons. The topological polar surface area (TPSA) is 176 Å². The van der Waals surface area contributed by atoms with Crippen LogP contribution in [0.3, 0.4) is 0 Å². The Hall–Kier alpha value is -5.35. The van der Waals surface area contributed by atoms with Gasteiger partial charge in [0.1, 0.15) is 17.2 Å². The number of hydrogen-bond acceptors (Lipinski definition) is 10. The number of benzene rings is 2.